The van der Waals surface area contributed by atoms with Crippen molar-refractivity contribution >= 4 is 29.7 Å². The highest BCUT2D eigenvalue weighted by Gasteiger charge is 2.36. The Hall–Kier alpha value is -3.67. The van der Waals surface area contributed by atoms with Crippen molar-refractivity contribution in [2.75, 3.05) is 19.6 Å². The van der Waals surface area contributed by atoms with E-state index in [1.165, 1.54) is 4.90 Å². The Morgan fingerprint density at radius 2 is 1.82 bits per heavy atom. The van der Waals surface area contributed by atoms with Crippen LogP contribution in [0.3, 0.4) is 0 Å². The van der Waals surface area contributed by atoms with Crippen molar-refractivity contribution in [3.63, 3.8) is 0 Å². The number of nitrogens with two attached hydrogens (primary N) is 3. The van der Waals surface area contributed by atoms with E-state index >= 15 is 0 Å². The van der Waals surface area contributed by atoms with Crippen LogP contribution in [0.4, 0.5) is 0 Å². The van der Waals surface area contributed by atoms with E-state index in [-0.39, 0.29) is 37.8 Å². The van der Waals surface area contributed by atoms with Crippen LogP contribution in [-0.2, 0) is 25.6 Å². The van der Waals surface area contributed by atoms with Crippen molar-refractivity contribution in [2.45, 2.75) is 50.2 Å². The average Bonchev–Trinajstić information content (AvgIpc) is 3.30. The zero-order chi connectivity index (χ0) is 25.1. The molecule has 3 amide bonds. The van der Waals surface area contributed by atoms with Gasteiger partial charge < -0.3 is 37.8 Å². The topological polar surface area (TPSA) is 206 Å². The Labute approximate surface area is 197 Å². The molecule has 12 nitrogen and oxygen atoms in total. The van der Waals surface area contributed by atoms with Gasteiger partial charge in [0.2, 0.25) is 17.7 Å². The minimum atomic E-state index is -1.21. The van der Waals surface area contributed by atoms with Gasteiger partial charge in [-0.15, -0.1) is 0 Å². The van der Waals surface area contributed by atoms with Crippen molar-refractivity contribution < 1.29 is 24.3 Å². The number of carboxylic acid groups (broad SMARTS) is 1. The molecule has 9 N–H and O–H groups in total. The van der Waals surface area contributed by atoms with Crippen molar-refractivity contribution in [3.05, 3.63) is 35.9 Å². The Morgan fingerprint density at radius 1 is 1.12 bits per heavy atom. The molecule has 0 saturated carbocycles. The van der Waals surface area contributed by atoms with Gasteiger partial charge in [0.1, 0.15) is 18.1 Å². The second-order valence-corrected chi connectivity index (χ2v) is 8.05. The molecule has 3 atom stereocenters. The maximum atomic E-state index is 13.1. The summed E-state index contributed by atoms with van der Waals surface area (Å²) in [6.45, 7) is 0.428. The fourth-order valence-electron chi connectivity index (χ4n) is 3.82. The van der Waals surface area contributed by atoms with Crippen molar-refractivity contribution in [1.29, 1.82) is 0 Å². The Morgan fingerprint density at radius 3 is 2.44 bits per heavy atom. The number of hydrogen-bond donors (Lipinski definition) is 6. The maximum Gasteiger partial charge on any atom is 0.326 e. The smallest absolute Gasteiger partial charge is 0.326 e. The van der Waals surface area contributed by atoms with E-state index in [0.717, 1.165) is 5.56 Å². The predicted molar refractivity (Wildman–Crippen MR) is 125 cm³/mol. The molecule has 0 aromatic heterocycles. The molecular formula is C22H33N7O5. The van der Waals surface area contributed by atoms with E-state index in [1.807, 2.05) is 6.07 Å². The second-order valence-electron chi connectivity index (χ2n) is 8.05. The number of nitrogens with zero attached hydrogens (tertiary/aromatic N) is 2. The molecule has 1 fully saturated rings. The molecule has 186 valence electrons. The molecule has 3 unspecified atom stereocenters. The first-order valence-electron chi connectivity index (χ1n) is 11.1. The molecule has 0 spiro atoms. The molecule has 1 aliphatic heterocycles. The molecule has 0 aliphatic carbocycles. The van der Waals surface area contributed by atoms with Gasteiger partial charge in [-0.3, -0.25) is 19.4 Å². The summed E-state index contributed by atoms with van der Waals surface area (Å²) in [5, 5.41) is 14.7. The number of carbonyl (C=O) groups is 4. The summed E-state index contributed by atoms with van der Waals surface area (Å²) < 4.78 is 0. The fourth-order valence-corrected chi connectivity index (χ4v) is 3.82. The first-order chi connectivity index (χ1) is 16.2. The quantitative estimate of drug-likeness (QED) is 0.116. The van der Waals surface area contributed by atoms with Gasteiger partial charge in [-0.25, -0.2) is 4.79 Å². The van der Waals surface area contributed by atoms with Crippen molar-refractivity contribution in [2.24, 2.45) is 22.2 Å². The standard InChI is InChI=1S/C22H33N7O5/c23-13-18(30)29-11-5-9-17(29)20(32)28-16(12-14-6-2-1-3-7-14)19(31)27-15(21(33)34)8-4-10-26-22(24)25/h1-3,6-7,15-17H,4-5,8-13,23H2,(H,27,31)(H,28,32)(H,33,34)(H4,24,25,26). The summed E-state index contributed by atoms with van der Waals surface area (Å²) in [6.07, 6.45) is 1.70. The lowest BCUT2D eigenvalue weighted by molar-refractivity contribution is -0.143. The normalized spacial score (nSPS) is 16.9. The molecule has 0 radical (unpaired) electrons. The molecule has 1 aromatic carbocycles. The van der Waals surface area contributed by atoms with E-state index < -0.39 is 35.9 Å². The Bertz CT molecular complexity index is 889. The van der Waals surface area contributed by atoms with Gasteiger partial charge >= 0.3 is 5.97 Å². The van der Waals surface area contributed by atoms with Crippen LogP contribution in [0.25, 0.3) is 0 Å². The predicted octanol–water partition coefficient (Wildman–Crippen LogP) is -1.71. The summed E-state index contributed by atoms with van der Waals surface area (Å²) in [5.74, 6) is -2.77. The molecule has 1 heterocycles. The number of amides is 3. The van der Waals surface area contributed by atoms with Gasteiger partial charge in [0.15, 0.2) is 5.96 Å². The molecule has 12 heteroatoms. The van der Waals surface area contributed by atoms with E-state index in [4.69, 9.17) is 17.2 Å². The average molecular weight is 476 g/mol. The number of likely N-dealkylation sites (tertiary alicyclic amines) is 1. The summed E-state index contributed by atoms with van der Waals surface area (Å²) in [5.41, 5.74) is 16.8. The van der Waals surface area contributed by atoms with Gasteiger partial charge in [0.05, 0.1) is 6.54 Å². The number of guanidine groups is 1. The van der Waals surface area contributed by atoms with Gasteiger partial charge in [-0.05, 0) is 31.2 Å². The monoisotopic (exact) mass is 475 g/mol. The van der Waals surface area contributed by atoms with Gasteiger partial charge in [0, 0.05) is 19.5 Å². The highest BCUT2D eigenvalue weighted by atomic mass is 16.4. The van der Waals surface area contributed by atoms with Crippen LogP contribution in [0.1, 0.15) is 31.2 Å². The summed E-state index contributed by atoms with van der Waals surface area (Å²) in [4.78, 5) is 55.0. The molecule has 2 rings (SSSR count). The lowest BCUT2D eigenvalue weighted by atomic mass is 10.0. The fraction of sp³-hybridized carbons (Fsp3) is 0.500. The highest BCUT2D eigenvalue weighted by Crippen LogP contribution is 2.18. The number of carbonyl (C=O) groups excluding carboxylic acids is 3. The molecule has 0 bridgehead atoms. The number of carboxylic acids is 1. The molecular weight excluding hydrogens is 442 g/mol. The third-order valence-corrected chi connectivity index (χ3v) is 5.53. The van der Waals surface area contributed by atoms with E-state index in [9.17, 15) is 24.3 Å². The van der Waals surface area contributed by atoms with Crippen molar-refractivity contribution in [3.8, 4) is 0 Å². The molecule has 1 aromatic rings. The number of nitrogens with one attached hydrogen (secondary N) is 2. The van der Waals surface area contributed by atoms with Crippen LogP contribution in [0.15, 0.2) is 35.3 Å². The minimum absolute atomic E-state index is 0.101. The van der Waals surface area contributed by atoms with Crippen LogP contribution < -0.4 is 27.8 Å². The number of hydrogen-bond acceptors (Lipinski definition) is 6. The molecule has 34 heavy (non-hydrogen) atoms. The van der Waals surface area contributed by atoms with E-state index in [1.54, 1.807) is 24.3 Å². The number of aliphatic carboxylic acids is 1. The molecule has 1 saturated heterocycles. The Kier molecular flexibility index (Phi) is 10.3. The number of aliphatic imine (C=N–C) groups is 1. The second kappa shape index (κ2) is 13.1. The van der Waals surface area contributed by atoms with Crippen LogP contribution in [0.2, 0.25) is 0 Å². The van der Waals surface area contributed by atoms with Crippen LogP contribution in [0, 0.1) is 0 Å². The van der Waals surface area contributed by atoms with E-state index in [0.29, 0.717) is 25.8 Å². The van der Waals surface area contributed by atoms with Gasteiger partial charge in [-0.1, -0.05) is 30.3 Å². The van der Waals surface area contributed by atoms with Crippen LogP contribution in [-0.4, -0.2) is 77.4 Å². The Balaban J connectivity index is 2.12. The summed E-state index contributed by atoms with van der Waals surface area (Å²) in [6, 6.07) is 6.08. The first kappa shape index (κ1) is 26.6. The van der Waals surface area contributed by atoms with Gasteiger partial charge in [-0.2, -0.15) is 0 Å². The third kappa shape index (κ3) is 8.03. The zero-order valence-corrected chi connectivity index (χ0v) is 19.0. The van der Waals surface area contributed by atoms with Crippen molar-refractivity contribution in [1.82, 2.24) is 15.5 Å². The summed E-state index contributed by atoms with van der Waals surface area (Å²) in [7, 11) is 0. The SMILES string of the molecule is NCC(=O)N1CCCC1C(=O)NC(Cc1ccccc1)C(=O)NC(CCCN=C(N)N)C(=O)O. The minimum Gasteiger partial charge on any atom is -0.480 e. The third-order valence-electron chi connectivity index (χ3n) is 5.53. The number of benzene rings is 1. The van der Waals surface area contributed by atoms with Crippen LogP contribution >= 0.6 is 0 Å². The van der Waals surface area contributed by atoms with Crippen LogP contribution in [0.5, 0.6) is 0 Å². The highest BCUT2D eigenvalue weighted by molar-refractivity contribution is 5.94. The zero-order valence-electron chi connectivity index (χ0n) is 19.0. The van der Waals surface area contributed by atoms with Gasteiger partial charge in [0.25, 0.3) is 0 Å². The van der Waals surface area contributed by atoms with E-state index in [2.05, 4.69) is 15.6 Å². The first-order valence-corrected chi connectivity index (χ1v) is 11.1. The molecule has 1 aliphatic rings. The maximum absolute atomic E-state index is 13.1. The summed E-state index contributed by atoms with van der Waals surface area (Å²) >= 11 is 0. The lowest BCUT2D eigenvalue weighted by Crippen LogP contribution is -2.56. The lowest BCUT2D eigenvalue weighted by Gasteiger charge is -2.27. The largest absolute Gasteiger partial charge is 0.480 e. The number of rotatable bonds is 12.